The zero-order valence-electron chi connectivity index (χ0n) is 12.5. The second-order valence-corrected chi connectivity index (χ2v) is 5.84. The molecule has 1 atom stereocenters. The van der Waals surface area contributed by atoms with E-state index >= 15 is 0 Å². The number of ether oxygens (including phenoxy) is 1. The molecule has 0 aliphatic carbocycles. The molecule has 0 spiro atoms. The standard InChI is InChI=1S/C14H17N5O3S/c1-2-22-9-5-3-8(4-6-9)19-11(20)7-10(12(19)21)23-14(17)18-13(15)16/h3-6,10H,2,7H2,1H3,(H5,15,16,17,18). The van der Waals surface area contributed by atoms with Crippen molar-refractivity contribution >= 4 is 40.4 Å². The smallest absolute Gasteiger partial charge is 0.247 e. The van der Waals surface area contributed by atoms with E-state index in [1.165, 1.54) is 0 Å². The fourth-order valence-corrected chi connectivity index (χ4v) is 2.96. The van der Waals surface area contributed by atoms with Gasteiger partial charge in [-0.05, 0) is 31.2 Å². The number of carbonyl (C=O) groups is 2. The number of carbonyl (C=O) groups excluding carboxylic acids is 2. The first-order valence-electron chi connectivity index (χ1n) is 6.87. The number of guanidine groups is 1. The average molecular weight is 335 g/mol. The predicted molar refractivity (Wildman–Crippen MR) is 89.6 cm³/mol. The van der Waals surface area contributed by atoms with Gasteiger partial charge in [0.15, 0.2) is 11.1 Å². The molecule has 5 N–H and O–H groups in total. The first-order valence-corrected chi connectivity index (χ1v) is 7.74. The van der Waals surface area contributed by atoms with Crippen molar-refractivity contribution < 1.29 is 14.3 Å². The highest BCUT2D eigenvalue weighted by Gasteiger charge is 2.40. The predicted octanol–water partition coefficient (Wildman–Crippen LogP) is 0.659. The minimum Gasteiger partial charge on any atom is -0.494 e. The lowest BCUT2D eigenvalue weighted by Crippen LogP contribution is -2.31. The molecule has 1 unspecified atom stereocenters. The van der Waals surface area contributed by atoms with Gasteiger partial charge in [0.1, 0.15) is 11.0 Å². The molecule has 0 aromatic heterocycles. The molecule has 1 saturated heterocycles. The number of nitrogens with one attached hydrogen (secondary N) is 1. The van der Waals surface area contributed by atoms with Crippen LogP contribution < -0.4 is 21.1 Å². The summed E-state index contributed by atoms with van der Waals surface area (Å²) < 4.78 is 5.33. The van der Waals surface area contributed by atoms with E-state index in [9.17, 15) is 9.59 Å². The van der Waals surface area contributed by atoms with Crippen LogP contribution in [0.3, 0.4) is 0 Å². The van der Waals surface area contributed by atoms with Gasteiger partial charge in [-0.25, -0.2) is 4.90 Å². The minimum absolute atomic E-state index is 0.000905. The van der Waals surface area contributed by atoms with Crippen molar-refractivity contribution in [2.75, 3.05) is 11.5 Å². The van der Waals surface area contributed by atoms with E-state index in [4.69, 9.17) is 21.6 Å². The summed E-state index contributed by atoms with van der Waals surface area (Å²) in [5, 5.41) is 6.69. The number of hydrogen-bond donors (Lipinski definition) is 3. The molecule has 1 aliphatic heterocycles. The molecule has 1 aromatic carbocycles. The molecule has 1 fully saturated rings. The summed E-state index contributed by atoms with van der Waals surface area (Å²) in [6.45, 7) is 2.40. The van der Waals surface area contributed by atoms with Crippen LogP contribution in [0.5, 0.6) is 5.75 Å². The van der Waals surface area contributed by atoms with Crippen LogP contribution in [0.4, 0.5) is 5.69 Å². The number of amides is 2. The van der Waals surface area contributed by atoms with Crippen LogP contribution in [-0.2, 0) is 9.59 Å². The topological polar surface area (TPSA) is 135 Å². The van der Waals surface area contributed by atoms with Gasteiger partial charge in [0, 0.05) is 6.42 Å². The monoisotopic (exact) mass is 335 g/mol. The van der Waals surface area contributed by atoms with E-state index in [2.05, 4.69) is 4.99 Å². The quantitative estimate of drug-likeness (QED) is 0.420. The SMILES string of the molecule is CCOc1ccc(N2C(=O)CC(SC(=N)N=C(N)N)C2=O)cc1. The van der Waals surface area contributed by atoms with E-state index in [1.54, 1.807) is 24.3 Å². The normalized spacial score (nSPS) is 17.3. The third-order valence-corrected chi connectivity index (χ3v) is 3.96. The Morgan fingerprint density at radius 2 is 2.04 bits per heavy atom. The minimum atomic E-state index is -0.704. The molecule has 0 saturated carbocycles. The lowest BCUT2D eigenvalue weighted by molar-refractivity contribution is -0.121. The summed E-state index contributed by atoms with van der Waals surface area (Å²) in [6, 6.07) is 6.69. The second kappa shape index (κ2) is 7.14. The molecule has 0 radical (unpaired) electrons. The number of rotatable bonds is 4. The van der Waals surface area contributed by atoms with Crippen molar-refractivity contribution in [3.05, 3.63) is 24.3 Å². The molecule has 1 aromatic rings. The lowest BCUT2D eigenvalue weighted by atomic mass is 10.3. The molecular formula is C14H17N5O3S. The number of nitrogens with zero attached hydrogens (tertiary/aromatic N) is 2. The summed E-state index contributed by atoms with van der Waals surface area (Å²) in [5.74, 6) is -0.313. The molecule has 1 heterocycles. The Bertz CT molecular complexity index is 655. The Labute approximate surface area is 137 Å². The molecule has 0 bridgehead atoms. The van der Waals surface area contributed by atoms with E-state index in [0.717, 1.165) is 16.7 Å². The summed E-state index contributed by atoms with van der Waals surface area (Å²) >= 11 is 0.856. The molecule has 122 valence electrons. The first-order chi connectivity index (χ1) is 10.9. The Morgan fingerprint density at radius 3 is 2.61 bits per heavy atom. The van der Waals surface area contributed by atoms with E-state index in [1.807, 2.05) is 6.92 Å². The summed E-state index contributed by atoms with van der Waals surface area (Å²) in [7, 11) is 0. The van der Waals surface area contributed by atoms with Crippen molar-refractivity contribution in [2.24, 2.45) is 16.5 Å². The van der Waals surface area contributed by atoms with Gasteiger partial charge in [0.25, 0.3) is 0 Å². The number of benzene rings is 1. The largest absolute Gasteiger partial charge is 0.494 e. The van der Waals surface area contributed by atoms with Crippen LogP contribution in [0.15, 0.2) is 29.3 Å². The van der Waals surface area contributed by atoms with Gasteiger partial charge >= 0.3 is 0 Å². The molecule has 2 amide bonds. The van der Waals surface area contributed by atoms with Crippen molar-refractivity contribution in [3.63, 3.8) is 0 Å². The Balaban J connectivity index is 2.12. The van der Waals surface area contributed by atoms with Gasteiger partial charge in [0.2, 0.25) is 11.8 Å². The van der Waals surface area contributed by atoms with Crippen LogP contribution in [-0.4, -0.2) is 34.8 Å². The zero-order chi connectivity index (χ0) is 17.0. The molecular weight excluding hydrogens is 318 g/mol. The number of aliphatic imine (C=N–C) groups is 1. The molecule has 23 heavy (non-hydrogen) atoms. The Hall–Kier alpha value is -2.55. The third-order valence-electron chi connectivity index (χ3n) is 3.00. The van der Waals surface area contributed by atoms with E-state index < -0.39 is 5.25 Å². The Kier molecular flexibility index (Phi) is 5.22. The molecule has 1 aliphatic rings. The summed E-state index contributed by atoms with van der Waals surface area (Å²) in [4.78, 5) is 29.2. The van der Waals surface area contributed by atoms with Gasteiger partial charge < -0.3 is 16.2 Å². The van der Waals surface area contributed by atoms with Crippen molar-refractivity contribution in [2.45, 2.75) is 18.6 Å². The van der Waals surface area contributed by atoms with Crippen molar-refractivity contribution in [3.8, 4) is 5.75 Å². The van der Waals surface area contributed by atoms with Crippen molar-refractivity contribution in [1.82, 2.24) is 0 Å². The maximum absolute atomic E-state index is 12.4. The van der Waals surface area contributed by atoms with Crippen LogP contribution in [0, 0.1) is 5.41 Å². The van der Waals surface area contributed by atoms with Gasteiger partial charge in [-0.15, -0.1) is 0 Å². The van der Waals surface area contributed by atoms with Gasteiger partial charge in [0.05, 0.1) is 12.3 Å². The maximum Gasteiger partial charge on any atom is 0.247 e. The molecule has 9 heteroatoms. The second-order valence-electron chi connectivity index (χ2n) is 4.65. The highest BCUT2D eigenvalue weighted by molar-refractivity contribution is 8.14. The summed E-state index contributed by atoms with van der Waals surface area (Å²) in [6.07, 6.45) is -0.000905. The van der Waals surface area contributed by atoms with Crippen LogP contribution in [0.1, 0.15) is 13.3 Å². The van der Waals surface area contributed by atoms with Crippen LogP contribution in [0.2, 0.25) is 0 Å². The first kappa shape index (κ1) is 16.8. The molecule has 8 nitrogen and oxygen atoms in total. The third kappa shape index (κ3) is 4.01. The van der Waals surface area contributed by atoms with Gasteiger partial charge in [-0.1, -0.05) is 11.8 Å². The maximum atomic E-state index is 12.4. The van der Waals surface area contributed by atoms with Crippen LogP contribution in [0.25, 0.3) is 0 Å². The number of thioether (sulfide) groups is 1. The van der Waals surface area contributed by atoms with E-state index in [-0.39, 0.29) is 29.4 Å². The fourth-order valence-electron chi connectivity index (χ4n) is 2.10. The lowest BCUT2D eigenvalue weighted by Gasteiger charge is -2.15. The van der Waals surface area contributed by atoms with Gasteiger partial charge in [-0.3, -0.25) is 15.0 Å². The van der Waals surface area contributed by atoms with Gasteiger partial charge in [-0.2, -0.15) is 4.99 Å². The van der Waals surface area contributed by atoms with Crippen LogP contribution >= 0.6 is 11.8 Å². The number of amidine groups is 1. The Morgan fingerprint density at radius 1 is 1.39 bits per heavy atom. The highest BCUT2D eigenvalue weighted by atomic mass is 32.2. The summed E-state index contributed by atoms with van der Waals surface area (Å²) in [5.41, 5.74) is 10.8. The van der Waals surface area contributed by atoms with Crippen molar-refractivity contribution in [1.29, 1.82) is 5.41 Å². The number of hydrogen-bond acceptors (Lipinski definition) is 5. The number of imide groups is 1. The fraction of sp³-hybridized carbons (Fsp3) is 0.286. The average Bonchev–Trinajstić information content (AvgIpc) is 2.74. The number of anilines is 1. The molecule has 2 rings (SSSR count). The zero-order valence-corrected chi connectivity index (χ0v) is 13.3. The number of nitrogens with two attached hydrogens (primary N) is 2. The highest BCUT2D eigenvalue weighted by Crippen LogP contribution is 2.31. The van der Waals surface area contributed by atoms with E-state index in [0.29, 0.717) is 18.0 Å².